The van der Waals surface area contributed by atoms with Crippen LogP contribution in [0.25, 0.3) is 0 Å². The molecular weight excluding hydrogens is 182 g/mol. The molecule has 0 aliphatic heterocycles. The minimum absolute atomic E-state index is 0.351. The third-order valence-corrected chi connectivity index (χ3v) is 3.82. The van der Waals surface area contributed by atoms with Gasteiger partial charge in [-0.15, -0.1) is 12.3 Å². The second-order valence-electron chi connectivity index (χ2n) is 4.98. The number of terminal acetylenes is 1. The molecule has 0 aromatic carbocycles. The number of rotatable bonds is 5. The van der Waals surface area contributed by atoms with Gasteiger partial charge in [-0.1, -0.05) is 32.6 Å². The van der Waals surface area contributed by atoms with Crippen molar-refractivity contribution in [2.75, 3.05) is 0 Å². The van der Waals surface area contributed by atoms with E-state index in [1.165, 1.54) is 38.5 Å². The number of hydrogen-bond donors (Lipinski definition) is 1. The molecule has 86 valence electrons. The van der Waals surface area contributed by atoms with Gasteiger partial charge in [0.2, 0.25) is 0 Å². The highest BCUT2D eigenvalue weighted by Gasteiger charge is 2.24. The van der Waals surface area contributed by atoms with E-state index >= 15 is 0 Å². The molecule has 15 heavy (non-hydrogen) atoms. The van der Waals surface area contributed by atoms with Crippen LogP contribution in [0.4, 0.5) is 0 Å². The second-order valence-corrected chi connectivity index (χ2v) is 4.98. The molecule has 1 aliphatic rings. The number of hydrogen-bond acceptors (Lipinski definition) is 1. The predicted molar refractivity (Wildman–Crippen MR) is 66.4 cm³/mol. The Morgan fingerprint density at radius 3 is 2.53 bits per heavy atom. The minimum atomic E-state index is 0.351. The summed E-state index contributed by atoms with van der Waals surface area (Å²) in [5.74, 6) is 4.41. The topological polar surface area (TPSA) is 26.0 Å². The Morgan fingerprint density at radius 2 is 2.00 bits per heavy atom. The van der Waals surface area contributed by atoms with E-state index in [4.69, 9.17) is 12.2 Å². The molecule has 0 aromatic rings. The molecule has 1 unspecified atom stereocenters. The normalized spacial score (nSPS) is 28.3. The summed E-state index contributed by atoms with van der Waals surface area (Å²) in [6.45, 7) is 2.28. The molecule has 0 amide bonds. The summed E-state index contributed by atoms with van der Waals surface area (Å²) in [6.07, 6.45) is 15.3. The van der Waals surface area contributed by atoms with Crippen LogP contribution in [0.3, 0.4) is 0 Å². The summed E-state index contributed by atoms with van der Waals surface area (Å²) < 4.78 is 0. The molecule has 1 aliphatic carbocycles. The van der Waals surface area contributed by atoms with Crippen LogP contribution >= 0.6 is 0 Å². The van der Waals surface area contributed by atoms with Crippen molar-refractivity contribution in [1.29, 1.82) is 0 Å². The molecule has 1 atom stereocenters. The van der Waals surface area contributed by atoms with Crippen LogP contribution in [0.5, 0.6) is 0 Å². The first kappa shape index (κ1) is 12.6. The van der Waals surface area contributed by atoms with Crippen molar-refractivity contribution in [3.8, 4) is 12.3 Å². The molecule has 2 N–H and O–H groups in total. The van der Waals surface area contributed by atoms with Gasteiger partial charge in [0.25, 0.3) is 0 Å². The maximum atomic E-state index is 6.16. The van der Waals surface area contributed by atoms with Crippen molar-refractivity contribution in [1.82, 2.24) is 0 Å². The van der Waals surface area contributed by atoms with Gasteiger partial charge in [0.05, 0.1) is 0 Å². The number of nitrogens with two attached hydrogens (primary N) is 1. The highest BCUT2D eigenvalue weighted by Crippen LogP contribution is 2.33. The SMILES string of the molecule is C#CCCC(N)C1CCC(CCC)CC1. The van der Waals surface area contributed by atoms with Gasteiger partial charge in [0.1, 0.15) is 0 Å². The lowest BCUT2D eigenvalue weighted by atomic mass is 9.76. The van der Waals surface area contributed by atoms with Crippen LogP contribution in [0.1, 0.15) is 58.3 Å². The molecular formula is C14H25N. The average molecular weight is 207 g/mol. The van der Waals surface area contributed by atoms with Crippen molar-refractivity contribution >= 4 is 0 Å². The van der Waals surface area contributed by atoms with Crippen molar-refractivity contribution in [3.63, 3.8) is 0 Å². The Morgan fingerprint density at radius 1 is 1.33 bits per heavy atom. The Bertz CT molecular complexity index is 196. The highest BCUT2D eigenvalue weighted by molar-refractivity contribution is 4.87. The summed E-state index contributed by atoms with van der Waals surface area (Å²) >= 11 is 0. The van der Waals surface area contributed by atoms with E-state index in [9.17, 15) is 0 Å². The maximum Gasteiger partial charge on any atom is 0.0101 e. The molecule has 0 bridgehead atoms. The molecule has 1 saturated carbocycles. The smallest absolute Gasteiger partial charge is 0.0101 e. The zero-order valence-electron chi connectivity index (χ0n) is 10.0. The first-order chi connectivity index (χ1) is 7.27. The Labute approximate surface area is 94.8 Å². The largest absolute Gasteiger partial charge is 0.327 e. The predicted octanol–water partition coefficient (Wildman–Crippen LogP) is 3.33. The summed E-state index contributed by atoms with van der Waals surface area (Å²) in [5.41, 5.74) is 6.16. The van der Waals surface area contributed by atoms with E-state index in [-0.39, 0.29) is 0 Å². The summed E-state index contributed by atoms with van der Waals surface area (Å²) in [5, 5.41) is 0. The van der Waals surface area contributed by atoms with Crippen LogP contribution in [0.15, 0.2) is 0 Å². The Kier molecular flexibility index (Phi) is 5.79. The van der Waals surface area contributed by atoms with E-state index in [2.05, 4.69) is 12.8 Å². The van der Waals surface area contributed by atoms with E-state index in [0.29, 0.717) is 6.04 Å². The van der Waals surface area contributed by atoms with Gasteiger partial charge in [0, 0.05) is 12.5 Å². The Balaban J connectivity index is 2.21. The molecule has 0 saturated heterocycles. The van der Waals surface area contributed by atoms with Gasteiger partial charge in [-0.3, -0.25) is 0 Å². The van der Waals surface area contributed by atoms with Crippen molar-refractivity contribution in [2.24, 2.45) is 17.6 Å². The van der Waals surface area contributed by atoms with Crippen molar-refractivity contribution in [2.45, 2.75) is 64.3 Å². The highest BCUT2D eigenvalue weighted by atomic mass is 14.6. The van der Waals surface area contributed by atoms with Gasteiger partial charge in [0.15, 0.2) is 0 Å². The van der Waals surface area contributed by atoms with E-state index in [1.54, 1.807) is 0 Å². The van der Waals surface area contributed by atoms with Gasteiger partial charge >= 0.3 is 0 Å². The minimum Gasteiger partial charge on any atom is -0.327 e. The summed E-state index contributed by atoms with van der Waals surface area (Å²) in [4.78, 5) is 0. The monoisotopic (exact) mass is 207 g/mol. The average Bonchev–Trinajstić information content (AvgIpc) is 2.27. The standard InChI is InChI=1S/C14H25N/c1-3-5-7-14(15)13-10-8-12(6-4-2)9-11-13/h1,12-14H,4-11,15H2,2H3. The molecule has 1 fully saturated rings. The lowest BCUT2D eigenvalue weighted by molar-refractivity contribution is 0.229. The summed E-state index contributed by atoms with van der Waals surface area (Å²) in [7, 11) is 0. The molecule has 1 heteroatoms. The van der Waals surface area contributed by atoms with E-state index in [0.717, 1.165) is 24.7 Å². The van der Waals surface area contributed by atoms with Crippen LogP contribution in [-0.4, -0.2) is 6.04 Å². The van der Waals surface area contributed by atoms with Crippen LogP contribution < -0.4 is 5.73 Å². The Hall–Kier alpha value is -0.480. The zero-order valence-corrected chi connectivity index (χ0v) is 10.0. The molecule has 0 heterocycles. The molecule has 1 nitrogen and oxygen atoms in total. The lowest BCUT2D eigenvalue weighted by Gasteiger charge is -2.31. The van der Waals surface area contributed by atoms with Crippen molar-refractivity contribution in [3.05, 3.63) is 0 Å². The molecule has 0 aromatic heterocycles. The fourth-order valence-corrected chi connectivity index (χ4v) is 2.80. The summed E-state index contributed by atoms with van der Waals surface area (Å²) in [6, 6.07) is 0.351. The lowest BCUT2D eigenvalue weighted by Crippen LogP contribution is -2.32. The third-order valence-electron chi connectivity index (χ3n) is 3.82. The van der Waals surface area contributed by atoms with Gasteiger partial charge in [-0.2, -0.15) is 0 Å². The van der Waals surface area contributed by atoms with Crippen LogP contribution in [0.2, 0.25) is 0 Å². The van der Waals surface area contributed by atoms with Crippen molar-refractivity contribution < 1.29 is 0 Å². The van der Waals surface area contributed by atoms with Gasteiger partial charge in [-0.05, 0) is 31.1 Å². The fourth-order valence-electron chi connectivity index (χ4n) is 2.80. The molecule has 0 spiro atoms. The van der Waals surface area contributed by atoms with Gasteiger partial charge < -0.3 is 5.73 Å². The van der Waals surface area contributed by atoms with Crippen LogP contribution in [-0.2, 0) is 0 Å². The second kappa shape index (κ2) is 6.90. The van der Waals surface area contributed by atoms with E-state index in [1.807, 2.05) is 0 Å². The maximum absolute atomic E-state index is 6.16. The first-order valence-corrected chi connectivity index (χ1v) is 6.47. The van der Waals surface area contributed by atoms with Crippen LogP contribution in [0, 0.1) is 24.2 Å². The van der Waals surface area contributed by atoms with Gasteiger partial charge in [-0.25, -0.2) is 0 Å². The molecule has 1 rings (SSSR count). The quantitative estimate of drug-likeness (QED) is 0.688. The fraction of sp³-hybridized carbons (Fsp3) is 0.857. The first-order valence-electron chi connectivity index (χ1n) is 6.47. The van der Waals surface area contributed by atoms with E-state index < -0.39 is 0 Å². The molecule has 0 radical (unpaired) electrons. The third kappa shape index (κ3) is 4.26. The zero-order chi connectivity index (χ0) is 11.1.